The number of imidazole rings is 1. The van der Waals surface area contributed by atoms with Gasteiger partial charge in [-0.3, -0.25) is 4.79 Å². The number of carbonyl (C=O) groups is 1. The van der Waals surface area contributed by atoms with Crippen LogP contribution in [0.2, 0.25) is 5.02 Å². The van der Waals surface area contributed by atoms with Gasteiger partial charge in [-0.25, -0.2) is 9.97 Å². The second-order valence-electron chi connectivity index (χ2n) is 7.61. The molecule has 2 N–H and O–H groups in total. The van der Waals surface area contributed by atoms with Crippen LogP contribution in [-0.4, -0.2) is 33.9 Å². The van der Waals surface area contributed by atoms with Crippen LogP contribution in [0.15, 0.2) is 54.9 Å². The second-order valence-corrected chi connectivity index (χ2v) is 8.05. The average molecular weight is 424 g/mol. The lowest BCUT2D eigenvalue weighted by atomic mass is 9.95. The Balaban J connectivity index is 1.35. The van der Waals surface area contributed by atoms with Gasteiger partial charge in [0.05, 0.1) is 23.0 Å². The molecule has 30 heavy (non-hydrogen) atoms. The summed E-state index contributed by atoms with van der Waals surface area (Å²) in [5, 5.41) is 3.83. The number of rotatable bonds is 6. The van der Waals surface area contributed by atoms with Gasteiger partial charge in [0.15, 0.2) is 0 Å². The number of carbonyl (C=O) groups excluding carboxylic acids is 1. The zero-order valence-electron chi connectivity index (χ0n) is 17.0. The van der Waals surface area contributed by atoms with Crippen molar-refractivity contribution >= 4 is 23.3 Å². The minimum atomic E-state index is -0.120. The lowest BCUT2D eigenvalue weighted by Crippen LogP contribution is -2.42. The van der Waals surface area contributed by atoms with E-state index in [2.05, 4.69) is 32.1 Å². The zero-order valence-corrected chi connectivity index (χ0v) is 17.8. The van der Waals surface area contributed by atoms with Crippen LogP contribution in [0.3, 0.4) is 0 Å². The third-order valence-electron chi connectivity index (χ3n) is 5.64. The molecule has 4 rings (SSSR count). The van der Waals surface area contributed by atoms with Crippen molar-refractivity contribution in [3.8, 4) is 11.3 Å². The van der Waals surface area contributed by atoms with Crippen molar-refractivity contribution < 1.29 is 4.79 Å². The van der Waals surface area contributed by atoms with E-state index in [4.69, 9.17) is 11.6 Å². The van der Waals surface area contributed by atoms with Crippen LogP contribution in [0.4, 0.5) is 5.82 Å². The van der Waals surface area contributed by atoms with Crippen molar-refractivity contribution in [3.05, 3.63) is 65.7 Å². The number of amides is 1. The maximum absolute atomic E-state index is 12.9. The Morgan fingerprint density at radius 1 is 1.17 bits per heavy atom. The van der Waals surface area contributed by atoms with E-state index in [0.717, 1.165) is 55.3 Å². The van der Waals surface area contributed by atoms with Crippen LogP contribution in [0.25, 0.3) is 11.3 Å². The quantitative estimate of drug-likeness (QED) is 0.607. The van der Waals surface area contributed by atoms with Crippen molar-refractivity contribution in [2.75, 3.05) is 18.0 Å². The summed E-state index contributed by atoms with van der Waals surface area (Å²) in [6.45, 7) is 3.68. The van der Waals surface area contributed by atoms with E-state index in [1.165, 1.54) is 0 Å². The molecular formula is C23H26ClN5O. The van der Waals surface area contributed by atoms with E-state index in [1.807, 2.05) is 48.7 Å². The van der Waals surface area contributed by atoms with E-state index >= 15 is 0 Å². The number of nitrogens with zero attached hydrogens (tertiary/aromatic N) is 3. The number of piperidine rings is 1. The fourth-order valence-electron chi connectivity index (χ4n) is 3.86. The van der Waals surface area contributed by atoms with Crippen LogP contribution >= 0.6 is 11.6 Å². The maximum Gasteiger partial charge on any atom is 0.223 e. The monoisotopic (exact) mass is 423 g/mol. The van der Waals surface area contributed by atoms with E-state index < -0.39 is 0 Å². The Hall–Kier alpha value is -2.86. The molecule has 1 amide bonds. The molecule has 1 atom stereocenters. The molecule has 3 heterocycles. The highest BCUT2D eigenvalue weighted by atomic mass is 35.5. The Labute approximate surface area is 181 Å². The van der Waals surface area contributed by atoms with Gasteiger partial charge in [0.1, 0.15) is 11.6 Å². The molecule has 1 unspecified atom stereocenters. The van der Waals surface area contributed by atoms with Gasteiger partial charge in [-0.05, 0) is 37.0 Å². The van der Waals surface area contributed by atoms with Crippen molar-refractivity contribution in [1.82, 2.24) is 20.3 Å². The summed E-state index contributed by atoms with van der Waals surface area (Å²) in [7, 11) is 0. The summed E-state index contributed by atoms with van der Waals surface area (Å²) in [5.41, 5.74) is 2.04. The molecule has 156 valence electrons. The van der Waals surface area contributed by atoms with E-state index in [1.54, 1.807) is 6.20 Å². The first-order chi connectivity index (χ1) is 14.6. The number of hydrogen-bond acceptors (Lipinski definition) is 4. The summed E-state index contributed by atoms with van der Waals surface area (Å²) in [5.74, 6) is 1.82. The SMILES string of the molecule is CCC(NC(=O)C1CCN(c2ccc(Cl)cn2)CC1)c1ncc(-c2ccccc2)[nH]1. The van der Waals surface area contributed by atoms with Gasteiger partial charge < -0.3 is 15.2 Å². The molecule has 1 aliphatic rings. The molecule has 6 nitrogen and oxygen atoms in total. The Kier molecular flexibility index (Phi) is 6.33. The predicted molar refractivity (Wildman–Crippen MR) is 119 cm³/mol. The summed E-state index contributed by atoms with van der Waals surface area (Å²) in [6, 6.07) is 13.7. The Morgan fingerprint density at radius 2 is 1.93 bits per heavy atom. The highest BCUT2D eigenvalue weighted by molar-refractivity contribution is 6.30. The average Bonchev–Trinajstić information content (AvgIpc) is 3.29. The molecule has 3 aromatic rings. The summed E-state index contributed by atoms with van der Waals surface area (Å²) >= 11 is 5.92. The van der Waals surface area contributed by atoms with Crippen molar-refractivity contribution in [2.45, 2.75) is 32.2 Å². The van der Waals surface area contributed by atoms with Crippen molar-refractivity contribution in [1.29, 1.82) is 0 Å². The predicted octanol–water partition coefficient (Wildman–Crippen LogP) is 4.61. The lowest BCUT2D eigenvalue weighted by Gasteiger charge is -2.32. The molecule has 1 aromatic carbocycles. The highest BCUT2D eigenvalue weighted by Gasteiger charge is 2.27. The molecule has 0 radical (unpaired) electrons. The molecule has 0 saturated carbocycles. The van der Waals surface area contributed by atoms with Crippen LogP contribution < -0.4 is 10.2 Å². The number of H-pyrrole nitrogens is 1. The molecular weight excluding hydrogens is 398 g/mol. The minimum absolute atomic E-state index is 0.00570. The van der Waals surface area contributed by atoms with E-state index in [9.17, 15) is 4.79 Å². The first-order valence-corrected chi connectivity index (χ1v) is 10.8. The molecule has 1 fully saturated rings. The van der Waals surface area contributed by atoms with Gasteiger partial charge in [0.25, 0.3) is 0 Å². The first-order valence-electron chi connectivity index (χ1n) is 10.4. The molecule has 0 aliphatic carbocycles. The van der Waals surface area contributed by atoms with Gasteiger partial charge in [-0.1, -0.05) is 48.9 Å². The smallest absolute Gasteiger partial charge is 0.223 e. The highest BCUT2D eigenvalue weighted by Crippen LogP contribution is 2.25. The van der Waals surface area contributed by atoms with E-state index in [-0.39, 0.29) is 17.9 Å². The fourth-order valence-corrected chi connectivity index (χ4v) is 3.97. The van der Waals surface area contributed by atoms with Crippen LogP contribution in [0, 0.1) is 5.92 Å². The Morgan fingerprint density at radius 3 is 2.60 bits per heavy atom. The van der Waals surface area contributed by atoms with Crippen LogP contribution in [0.1, 0.15) is 38.1 Å². The van der Waals surface area contributed by atoms with Gasteiger partial charge >= 0.3 is 0 Å². The van der Waals surface area contributed by atoms with Crippen molar-refractivity contribution in [3.63, 3.8) is 0 Å². The molecule has 0 bridgehead atoms. The molecule has 1 aliphatic heterocycles. The van der Waals surface area contributed by atoms with Gasteiger partial charge in [-0.15, -0.1) is 0 Å². The molecule has 1 saturated heterocycles. The number of anilines is 1. The van der Waals surface area contributed by atoms with Crippen molar-refractivity contribution in [2.24, 2.45) is 5.92 Å². The largest absolute Gasteiger partial charge is 0.357 e. The maximum atomic E-state index is 12.9. The van der Waals surface area contributed by atoms with Gasteiger partial charge in [0, 0.05) is 25.2 Å². The lowest BCUT2D eigenvalue weighted by molar-refractivity contribution is -0.126. The summed E-state index contributed by atoms with van der Waals surface area (Å²) in [6.07, 6.45) is 5.88. The summed E-state index contributed by atoms with van der Waals surface area (Å²) in [4.78, 5) is 27.4. The third kappa shape index (κ3) is 4.65. The zero-order chi connectivity index (χ0) is 20.9. The number of aromatic nitrogens is 3. The van der Waals surface area contributed by atoms with Crippen LogP contribution in [0.5, 0.6) is 0 Å². The third-order valence-corrected chi connectivity index (χ3v) is 5.86. The number of pyridine rings is 1. The number of aromatic amines is 1. The summed E-state index contributed by atoms with van der Waals surface area (Å²) < 4.78 is 0. The minimum Gasteiger partial charge on any atom is -0.357 e. The standard InChI is InChI=1S/C23H26ClN5O/c1-2-19(22-26-15-20(27-22)16-6-4-3-5-7-16)28-23(30)17-10-12-29(13-11-17)21-9-8-18(24)14-25-21/h3-9,14-15,17,19H,2,10-13H2,1H3,(H,26,27)(H,28,30). The molecule has 2 aromatic heterocycles. The molecule has 7 heteroatoms. The van der Waals surface area contributed by atoms with Gasteiger partial charge in [0.2, 0.25) is 5.91 Å². The Bertz CT molecular complexity index is 965. The fraction of sp³-hybridized carbons (Fsp3) is 0.348. The normalized spacial score (nSPS) is 15.7. The second kappa shape index (κ2) is 9.30. The van der Waals surface area contributed by atoms with Crippen LogP contribution in [-0.2, 0) is 4.79 Å². The van der Waals surface area contributed by atoms with E-state index in [0.29, 0.717) is 5.02 Å². The number of halogens is 1. The number of nitrogens with one attached hydrogen (secondary N) is 2. The van der Waals surface area contributed by atoms with Gasteiger partial charge in [-0.2, -0.15) is 0 Å². The topological polar surface area (TPSA) is 73.9 Å². The number of hydrogen-bond donors (Lipinski definition) is 2. The first kappa shape index (κ1) is 20.4. The molecule has 0 spiro atoms. The number of benzene rings is 1.